The van der Waals surface area contributed by atoms with E-state index in [1.165, 1.54) is 34.6 Å². The first-order valence-corrected chi connectivity index (χ1v) is 11.6. The van der Waals surface area contributed by atoms with E-state index in [9.17, 15) is 13.2 Å². The largest absolute Gasteiger partial charge is 0.467 e. The summed E-state index contributed by atoms with van der Waals surface area (Å²) in [5.41, 5.74) is 0.780. The Kier molecular flexibility index (Phi) is 5.16. The fourth-order valence-corrected chi connectivity index (χ4v) is 5.02. The zero-order chi connectivity index (χ0) is 20.6. The number of nitrogens with zero attached hydrogens (tertiary/aromatic N) is 2. The number of rotatable bonds is 5. The molecule has 0 unspecified atom stereocenters. The van der Waals surface area contributed by atoms with Gasteiger partial charge in [-0.25, -0.2) is 13.4 Å². The molecule has 1 amide bonds. The van der Waals surface area contributed by atoms with Gasteiger partial charge in [0.25, 0.3) is 5.91 Å². The summed E-state index contributed by atoms with van der Waals surface area (Å²) < 4.78 is 30.6. The third-order valence-electron chi connectivity index (χ3n) is 4.23. The molecule has 4 aromatic rings. The number of amides is 1. The summed E-state index contributed by atoms with van der Waals surface area (Å²) in [7, 11) is -3.59. The van der Waals surface area contributed by atoms with E-state index in [1.807, 2.05) is 0 Å². The van der Waals surface area contributed by atoms with E-state index in [0.29, 0.717) is 21.4 Å². The lowest BCUT2D eigenvalue weighted by atomic mass is 10.2. The van der Waals surface area contributed by atoms with E-state index in [0.717, 1.165) is 11.0 Å². The average molecular weight is 447 g/mol. The summed E-state index contributed by atoms with van der Waals surface area (Å²) in [6, 6.07) is 14.9. The molecule has 0 aliphatic carbocycles. The van der Waals surface area contributed by atoms with Crippen molar-refractivity contribution in [3.05, 3.63) is 77.2 Å². The first-order valence-electron chi connectivity index (χ1n) is 8.52. The number of benzene rings is 2. The highest BCUT2D eigenvalue weighted by Gasteiger charge is 2.27. The van der Waals surface area contributed by atoms with Gasteiger partial charge in [-0.1, -0.05) is 35.1 Å². The second-order valence-electron chi connectivity index (χ2n) is 6.35. The van der Waals surface area contributed by atoms with E-state index >= 15 is 0 Å². The van der Waals surface area contributed by atoms with Crippen molar-refractivity contribution < 1.29 is 17.6 Å². The quantitative estimate of drug-likeness (QED) is 0.440. The van der Waals surface area contributed by atoms with Crippen molar-refractivity contribution in [2.45, 2.75) is 11.4 Å². The Morgan fingerprint density at radius 1 is 1.17 bits per heavy atom. The fourth-order valence-electron chi connectivity index (χ4n) is 2.90. The lowest BCUT2D eigenvalue weighted by Gasteiger charge is -2.20. The van der Waals surface area contributed by atoms with Crippen LogP contribution in [0.4, 0.5) is 5.13 Å². The number of thiazole rings is 1. The number of anilines is 1. The van der Waals surface area contributed by atoms with Crippen LogP contribution in [0.5, 0.6) is 0 Å². The molecule has 2 aromatic heterocycles. The van der Waals surface area contributed by atoms with Crippen LogP contribution in [0.25, 0.3) is 10.2 Å². The summed E-state index contributed by atoms with van der Waals surface area (Å²) in [5.74, 6) is 0.0695. The Morgan fingerprint density at radius 3 is 2.69 bits per heavy atom. The van der Waals surface area contributed by atoms with Crippen LogP contribution in [-0.4, -0.2) is 25.6 Å². The van der Waals surface area contributed by atoms with E-state index < -0.39 is 15.7 Å². The number of carbonyl (C=O) groups excluding carboxylic acids is 1. The van der Waals surface area contributed by atoms with Gasteiger partial charge in [0, 0.05) is 11.3 Å². The van der Waals surface area contributed by atoms with Gasteiger partial charge in [-0.15, -0.1) is 0 Å². The summed E-state index contributed by atoms with van der Waals surface area (Å²) in [5, 5.41) is 0.992. The second kappa shape index (κ2) is 7.62. The molecule has 0 saturated heterocycles. The molecule has 0 saturated carbocycles. The highest BCUT2D eigenvalue weighted by atomic mass is 35.5. The molecule has 0 spiro atoms. The number of aromatic nitrogens is 1. The minimum absolute atomic E-state index is 0.0291. The van der Waals surface area contributed by atoms with Crippen LogP contribution >= 0.6 is 22.9 Å². The monoisotopic (exact) mass is 446 g/mol. The van der Waals surface area contributed by atoms with Gasteiger partial charge in [-0.3, -0.25) is 9.69 Å². The van der Waals surface area contributed by atoms with Crippen LogP contribution in [-0.2, 0) is 16.4 Å². The van der Waals surface area contributed by atoms with Crippen LogP contribution in [0.1, 0.15) is 16.1 Å². The number of furan rings is 1. The highest BCUT2D eigenvalue weighted by Crippen LogP contribution is 2.33. The molecule has 0 bridgehead atoms. The molecule has 4 rings (SSSR count). The summed E-state index contributed by atoms with van der Waals surface area (Å²) in [4.78, 5) is 19.4. The molecule has 148 valence electrons. The first kappa shape index (κ1) is 19.6. The minimum Gasteiger partial charge on any atom is -0.467 e. The third-order valence-corrected chi connectivity index (χ3v) is 6.66. The standard InChI is InChI=1S/C20H15ClN2O4S2/c1-29(25,26)18-7-3-2-6-15(18)19(24)23(12-14-5-4-10-27-14)20-22-16-9-8-13(21)11-17(16)28-20/h2-11H,12H2,1H3. The van der Waals surface area contributed by atoms with Crippen LogP contribution in [0.2, 0.25) is 5.02 Å². The van der Waals surface area contributed by atoms with E-state index in [4.69, 9.17) is 16.0 Å². The molecular formula is C20H15ClN2O4S2. The normalized spacial score (nSPS) is 11.7. The van der Waals surface area contributed by atoms with Gasteiger partial charge in [0.1, 0.15) is 5.76 Å². The minimum atomic E-state index is -3.59. The van der Waals surface area contributed by atoms with E-state index in [1.54, 1.807) is 42.5 Å². The number of sulfone groups is 1. The predicted octanol–water partition coefficient (Wildman–Crippen LogP) is 4.79. The van der Waals surface area contributed by atoms with Gasteiger partial charge in [0.15, 0.2) is 15.0 Å². The maximum atomic E-state index is 13.4. The summed E-state index contributed by atoms with van der Waals surface area (Å²) in [6.07, 6.45) is 2.59. The SMILES string of the molecule is CS(=O)(=O)c1ccccc1C(=O)N(Cc1ccco1)c1nc2ccc(Cl)cc2s1. The summed E-state index contributed by atoms with van der Waals surface area (Å²) >= 11 is 7.36. The van der Waals surface area contributed by atoms with Crippen LogP contribution in [0.3, 0.4) is 0 Å². The smallest absolute Gasteiger partial charge is 0.261 e. The van der Waals surface area contributed by atoms with Crippen molar-refractivity contribution in [3.63, 3.8) is 0 Å². The second-order valence-corrected chi connectivity index (χ2v) is 9.78. The summed E-state index contributed by atoms with van der Waals surface area (Å²) in [6.45, 7) is 0.109. The van der Waals surface area contributed by atoms with Gasteiger partial charge < -0.3 is 4.42 Å². The lowest BCUT2D eigenvalue weighted by Crippen LogP contribution is -2.31. The Labute approximate surface area is 176 Å². The molecule has 6 nitrogen and oxygen atoms in total. The van der Waals surface area contributed by atoms with Crippen LogP contribution in [0.15, 0.2) is 70.2 Å². The van der Waals surface area contributed by atoms with E-state index in [2.05, 4.69) is 4.98 Å². The third kappa shape index (κ3) is 4.05. The topological polar surface area (TPSA) is 80.5 Å². The predicted molar refractivity (Wildman–Crippen MR) is 113 cm³/mol. The molecule has 0 aliphatic heterocycles. The maximum absolute atomic E-state index is 13.4. The molecule has 0 radical (unpaired) electrons. The van der Waals surface area contributed by atoms with Gasteiger partial charge in [-0.05, 0) is 42.5 Å². The number of hydrogen-bond acceptors (Lipinski definition) is 6. The Bertz CT molecular complexity index is 1300. The molecule has 0 N–H and O–H groups in total. The zero-order valence-electron chi connectivity index (χ0n) is 15.2. The number of fused-ring (bicyclic) bond motifs is 1. The highest BCUT2D eigenvalue weighted by molar-refractivity contribution is 7.90. The molecule has 29 heavy (non-hydrogen) atoms. The molecule has 0 atom stereocenters. The van der Waals surface area contributed by atoms with Gasteiger partial charge in [0.2, 0.25) is 0 Å². The number of carbonyl (C=O) groups is 1. The van der Waals surface area contributed by atoms with Crippen molar-refractivity contribution in [3.8, 4) is 0 Å². The average Bonchev–Trinajstić information content (AvgIpc) is 3.34. The van der Waals surface area contributed by atoms with Crippen molar-refractivity contribution in [2.24, 2.45) is 0 Å². The molecule has 9 heteroatoms. The van der Waals surface area contributed by atoms with Crippen molar-refractivity contribution >= 4 is 54.0 Å². The molecular weight excluding hydrogens is 432 g/mol. The molecule has 2 aromatic carbocycles. The fraction of sp³-hybridized carbons (Fsp3) is 0.100. The van der Waals surface area contributed by atoms with Gasteiger partial charge >= 0.3 is 0 Å². The molecule has 2 heterocycles. The van der Waals surface area contributed by atoms with Crippen molar-refractivity contribution in [1.82, 2.24) is 4.98 Å². The van der Waals surface area contributed by atoms with Crippen molar-refractivity contribution in [1.29, 1.82) is 0 Å². The number of hydrogen-bond donors (Lipinski definition) is 0. The zero-order valence-corrected chi connectivity index (χ0v) is 17.6. The lowest BCUT2D eigenvalue weighted by molar-refractivity contribution is 0.0980. The van der Waals surface area contributed by atoms with Crippen LogP contribution < -0.4 is 4.90 Å². The number of halogens is 1. The Balaban J connectivity index is 1.83. The molecule has 0 fully saturated rings. The maximum Gasteiger partial charge on any atom is 0.261 e. The molecule has 0 aliphatic rings. The van der Waals surface area contributed by atoms with Crippen molar-refractivity contribution in [2.75, 3.05) is 11.2 Å². The van der Waals surface area contributed by atoms with Gasteiger partial charge in [0.05, 0.1) is 33.5 Å². The van der Waals surface area contributed by atoms with E-state index in [-0.39, 0.29) is 17.0 Å². The van der Waals surface area contributed by atoms with Crippen LogP contribution in [0, 0.1) is 0 Å². The Morgan fingerprint density at radius 2 is 1.97 bits per heavy atom. The Hall–Kier alpha value is -2.68. The van der Waals surface area contributed by atoms with Gasteiger partial charge in [-0.2, -0.15) is 0 Å². The first-order chi connectivity index (χ1) is 13.8.